The summed E-state index contributed by atoms with van der Waals surface area (Å²) in [5.41, 5.74) is 7.67. The van der Waals surface area contributed by atoms with Crippen molar-refractivity contribution in [2.75, 3.05) is 12.4 Å². The monoisotopic (exact) mass is 387 g/mol. The molecule has 4 N–H and O–H groups in total. The number of aromatic nitrogens is 3. The van der Waals surface area contributed by atoms with E-state index < -0.39 is 5.91 Å². The Morgan fingerprint density at radius 3 is 2.66 bits per heavy atom. The van der Waals surface area contributed by atoms with E-state index in [2.05, 4.69) is 20.3 Å². The Labute approximate surface area is 166 Å². The van der Waals surface area contributed by atoms with Gasteiger partial charge in [0.05, 0.1) is 23.9 Å². The summed E-state index contributed by atoms with van der Waals surface area (Å²) in [6, 6.07) is 15.5. The SMILES string of the molecule is COc1ccc2nc(-c3ccc(O)nc3)nc(Nc3ccccc3C(N)=O)c2c1. The van der Waals surface area contributed by atoms with Gasteiger partial charge in [0.2, 0.25) is 5.88 Å². The van der Waals surface area contributed by atoms with E-state index in [1.807, 2.05) is 12.1 Å². The zero-order chi connectivity index (χ0) is 20.4. The predicted octanol–water partition coefficient (Wildman–Crippen LogP) is 3.25. The van der Waals surface area contributed by atoms with E-state index in [9.17, 15) is 9.90 Å². The number of ether oxygens (including phenoxy) is 1. The van der Waals surface area contributed by atoms with Crippen molar-refractivity contribution in [2.45, 2.75) is 0 Å². The number of anilines is 2. The highest BCUT2D eigenvalue weighted by Crippen LogP contribution is 2.31. The molecule has 0 aliphatic carbocycles. The largest absolute Gasteiger partial charge is 0.497 e. The molecule has 2 heterocycles. The van der Waals surface area contributed by atoms with Crippen LogP contribution in [-0.2, 0) is 0 Å². The van der Waals surface area contributed by atoms with Crippen molar-refractivity contribution >= 4 is 28.3 Å². The van der Waals surface area contributed by atoms with Crippen LogP contribution in [0.2, 0.25) is 0 Å². The number of methoxy groups -OCH3 is 1. The quantitative estimate of drug-likeness (QED) is 0.480. The molecule has 4 rings (SSSR count). The van der Waals surface area contributed by atoms with Crippen molar-refractivity contribution in [1.29, 1.82) is 0 Å². The number of fused-ring (bicyclic) bond motifs is 1. The van der Waals surface area contributed by atoms with Crippen LogP contribution in [0.5, 0.6) is 11.6 Å². The molecule has 0 unspecified atom stereocenters. The van der Waals surface area contributed by atoms with Crippen LogP contribution in [-0.4, -0.2) is 33.1 Å². The number of para-hydroxylation sites is 1. The van der Waals surface area contributed by atoms with Crippen LogP contribution in [0.25, 0.3) is 22.3 Å². The molecule has 0 saturated heterocycles. The average molecular weight is 387 g/mol. The van der Waals surface area contributed by atoms with Gasteiger partial charge < -0.3 is 20.9 Å². The molecule has 29 heavy (non-hydrogen) atoms. The zero-order valence-corrected chi connectivity index (χ0v) is 15.5. The molecule has 2 aromatic carbocycles. The van der Waals surface area contributed by atoms with E-state index in [4.69, 9.17) is 10.5 Å². The van der Waals surface area contributed by atoms with Gasteiger partial charge in [-0.05, 0) is 36.4 Å². The van der Waals surface area contributed by atoms with Crippen LogP contribution in [0.4, 0.5) is 11.5 Å². The molecule has 8 heteroatoms. The molecule has 0 aliphatic heterocycles. The second-order valence-electron chi connectivity index (χ2n) is 6.22. The Kier molecular flexibility index (Phi) is 4.66. The molecular formula is C21H17N5O3. The third-order valence-corrected chi connectivity index (χ3v) is 4.35. The molecule has 8 nitrogen and oxygen atoms in total. The number of nitrogens with zero attached hydrogens (tertiary/aromatic N) is 3. The molecule has 2 aromatic heterocycles. The number of benzene rings is 2. The van der Waals surface area contributed by atoms with Gasteiger partial charge in [0.25, 0.3) is 5.91 Å². The summed E-state index contributed by atoms with van der Waals surface area (Å²) in [4.78, 5) is 24.9. The molecule has 0 spiro atoms. The van der Waals surface area contributed by atoms with Gasteiger partial charge in [-0.1, -0.05) is 12.1 Å². The zero-order valence-electron chi connectivity index (χ0n) is 15.5. The fourth-order valence-corrected chi connectivity index (χ4v) is 2.91. The van der Waals surface area contributed by atoms with Gasteiger partial charge in [-0.15, -0.1) is 0 Å². The molecule has 4 aromatic rings. The van der Waals surface area contributed by atoms with Crippen molar-refractivity contribution in [3.05, 3.63) is 66.4 Å². The first kappa shape index (κ1) is 18.2. The maximum atomic E-state index is 11.8. The van der Waals surface area contributed by atoms with Gasteiger partial charge in [0, 0.05) is 23.2 Å². The van der Waals surface area contributed by atoms with E-state index in [1.54, 1.807) is 43.5 Å². The maximum Gasteiger partial charge on any atom is 0.250 e. The fourth-order valence-electron chi connectivity index (χ4n) is 2.91. The molecule has 0 bridgehead atoms. The van der Waals surface area contributed by atoms with Gasteiger partial charge in [-0.3, -0.25) is 4.79 Å². The first-order valence-electron chi connectivity index (χ1n) is 8.72. The number of aromatic hydroxyl groups is 1. The highest BCUT2D eigenvalue weighted by molar-refractivity contribution is 6.01. The van der Waals surface area contributed by atoms with Gasteiger partial charge in [-0.2, -0.15) is 0 Å². The predicted molar refractivity (Wildman–Crippen MR) is 109 cm³/mol. The Balaban J connectivity index is 1.90. The Hall–Kier alpha value is -4.20. The lowest BCUT2D eigenvalue weighted by Gasteiger charge is -2.13. The van der Waals surface area contributed by atoms with E-state index in [-0.39, 0.29) is 5.88 Å². The lowest BCUT2D eigenvalue weighted by molar-refractivity contribution is 0.100. The van der Waals surface area contributed by atoms with Crippen molar-refractivity contribution in [3.8, 4) is 23.0 Å². The molecule has 0 saturated carbocycles. The lowest BCUT2D eigenvalue weighted by atomic mass is 10.1. The van der Waals surface area contributed by atoms with Crippen molar-refractivity contribution in [3.63, 3.8) is 0 Å². The Morgan fingerprint density at radius 2 is 1.93 bits per heavy atom. The Morgan fingerprint density at radius 1 is 1.10 bits per heavy atom. The van der Waals surface area contributed by atoms with E-state index in [1.165, 1.54) is 12.3 Å². The summed E-state index contributed by atoms with van der Waals surface area (Å²) in [6.07, 6.45) is 1.49. The van der Waals surface area contributed by atoms with Gasteiger partial charge in [-0.25, -0.2) is 15.0 Å². The normalized spacial score (nSPS) is 10.7. The third kappa shape index (κ3) is 3.63. The topological polar surface area (TPSA) is 123 Å². The van der Waals surface area contributed by atoms with Gasteiger partial charge in [0.15, 0.2) is 5.82 Å². The first-order valence-corrected chi connectivity index (χ1v) is 8.72. The number of hydrogen-bond donors (Lipinski definition) is 3. The van der Waals surface area contributed by atoms with Crippen molar-refractivity contribution < 1.29 is 14.6 Å². The highest BCUT2D eigenvalue weighted by atomic mass is 16.5. The summed E-state index contributed by atoms with van der Waals surface area (Å²) in [5.74, 6) is 0.895. The fraction of sp³-hybridized carbons (Fsp3) is 0.0476. The number of amides is 1. The van der Waals surface area contributed by atoms with Crippen molar-refractivity contribution in [1.82, 2.24) is 15.0 Å². The second-order valence-corrected chi connectivity index (χ2v) is 6.22. The van der Waals surface area contributed by atoms with Crippen LogP contribution >= 0.6 is 0 Å². The number of rotatable bonds is 5. The molecule has 0 aliphatic rings. The number of nitrogens with two attached hydrogens (primary N) is 1. The smallest absolute Gasteiger partial charge is 0.250 e. The van der Waals surface area contributed by atoms with Gasteiger partial charge in [0.1, 0.15) is 11.6 Å². The molecule has 0 radical (unpaired) electrons. The van der Waals surface area contributed by atoms with Crippen LogP contribution in [0.3, 0.4) is 0 Å². The summed E-state index contributed by atoms with van der Waals surface area (Å²) >= 11 is 0. The summed E-state index contributed by atoms with van der Waals surface area (Å²) in [6.45, 7) is 0. The number of pyridine rings is 1. The number of hydrogen-bond acceptors (Lipinski definition) is 7. The molecule has 0 fully saturated rings. The lowest BCUT2D eigenvalue weighted by Crippen LogP contribution is -2.13. The minimum atomic E-state index is -0.549. The van der Waals surface area contributed by atoms with Gasteiger partial charge >= 0.3 is 0 Å². The molecule has 1 amide bonds. The minimum absolute atomic E-state index is 0.0898. The summed E-state index contributed by atoms with van der Waals surface area (Å²) in [5, 5.41) is 13.3. The highest BCUT2D eigenvalue weighted by Gasteiger charge is 2.14. The third-order valence-electron chi connectivity index (χ3n) is 4.35. The van der Waals surface area contributed by atoms with Crippen LogP contribution in [0.1, 0.15) is 10.4 Å². The van der Waals surface area contributed by atoms with Crippen molar-refractivity contribution in [2.24, 2.45) is 5.73 Å². The summed E-state index contributed by atoms with van der Waals surface area (Å²) in [7, 11) is 1.58. The number of carbonyl (C=O) groups is 1. The molecule has 144 valence electrons. The first-order chi connectivity index (χ1) is 14.0. The average Bonchev–Trinajstić information content (AvgIpc) is 2.74. The van der Waals surface area contributed by atoms with E-state index in [0.29, 0.717) is 45.1 Å². The minimum Gasteiger partial charge on any atom is -0.497 e. The Bertz CT molecular complexity index is 1210. The van der Waals surface area contributed by atoms with Crippen LogP contribution < -0.4 is 15.8 Å². The maximum absolute atomic E-state index is 11.8. The second kappa shape index (κ2) is 7.43. The standard InChI is InChI=1S/C21H17N5O3/c1-29-13-7-8-17-15(10-13)21(25-16-5-3-2-4-14(16)19(22)28)26-20(24-17)12-6-9-18(27)23-11-12/h2-11H,1H3,(H2,22,28)(H,23,27)(H,24,25,26). The van der Waals surface area contributed by atoms with E-state index >= 15 is 0 Å². The molecule has 0 atom stereocenters. The van der Waals surface area contributed by atoms with E-state index in [0.717, 1.165) is 0 Å². The van der Waals surface area contributed by atoms with Crippen LogP contribution in [0, 0.1) is 0 Å². The number of nitrogens with one attached hydrogen (secondary N) is 1. The molecular weight excluding hydrogens is 370 g/mol. The summed E-state index contributed by atoms with van der Waals surface area (Å²) < 4.78 is 5.32. The number of carbonyl (C=O) groups excluding carboxylic acids is 1. The van der Waals surface area contributed by atoms with Crippen LogP contribution in [0.15, 0.2) is 60.8 Å². The number of primary amides is 1.